The lowest BCUT2D eigenvalue weighted by molar-refractivity contribution is -0.118. The van der Waals surface area contributed by atoms with E-state index in [9.17, 15) is 9.59 Å². The molecule has 0 aliphatic heterocycles. The van der Waals surface area contributed by atoms with E-state index in [0.717, 1.165) is 5.56 Å². The van der Waals surface area contributed by atoms with Crippen LogP contribution in [0.2, 0.25) is 0 Å². The van der Waals surface area contributed by atoms with E-state index in [1.54, 1.807) is 54.5 Å². The summed E-state index contributed by atoms with van der Waals surface area (Å²) in [6.07, 6.45) is 1.59. The molecule has 1 amide bonds. The highest BCUT2D eigenvalue weighted by atomic mass is 16.5. The summed E-state index contributed by atoms with van der Waals surface area (Å²) in [5.41, 5.74) is 1.67. The largest absolute Gasteiger partial charge is 0.497 e. The molecule has 0 spiro atoms. The van der Waals surface area contributed by atoms with E-state index in [1.807, 2.05) is 26.8 Å². The molecule has 35 heavy (non-hydrogen) atoms. The van der Waals surface area contributed by atoms with Crippen LogP contribution in [0.5, 0.6) is 17.2 Å². The smallest absolute Gasteiger partial charge is 0.274 e. The predicted octanol–water partition coefficient (Wildman–Crippen LogP) is 3.39. The van der Waals surface area contributed by atoms with E-state index in [-0.39, 0.29) is 30.7 Å². The van der Waals surface area contributed by atoms with Crippen molar-refractivity contribution in [3.05, 3.63) is 76.5 Å². The highest BCUT2D eigenvalue weighted by Gasteiger charge is 2.12. The molecule has 0 saturated carbocycles. The van der Waals surface area contributed by atoms with Gasteiger partial charge in [-0.15, -0.1) is 0 Å². The number of ether oxygens (including phenoxy) is 3. The second kappa shape index (κ2) is 10.3. The molecule has 2 aromatic heterocycles. The molecule has 0 saturated heterocycles. The first-order chi connectivity index (χ1) is 16.8. The van der Waals surface area contributed by atoms with Gasteiger partial charge in [0.05, 0.1) is 12.8 Å². The minimum atomic E-state index is -0.309. The summed E-state index contributed by atoms with van der Waals surface area (Å²) in [7, 11) is 1.58. The molecule has 0 unspecified atom stereocenters. The van der Waals surface area contributed by atoms with Gasteiger partial charge >= 0.3 is 0 Å². The molecule has 10 heteroatoms. The van der Waals surface area contributed by atoms with E-state index < -0.39 is 0 Å². The Bertz CT molecular complexity index is 1390. The molecule has 182 valence electrons. The quantitative estimate of drug-likeness (QED) is 0.394. The van der Waals surface area contributed by atoms with E-state index in [1.165, 1.54) is 10.6 Å². The van der Waals surface area contributed by atoms with Gasteiger partial charge in [0.15, 0.2) is 6.61 Å². The SMILES string of the molecule is COc1ccc(OCC(=O)Nc2ccc(C)c(OCc3cc(=O)n4c(ncn4C(C)C)n3)c2)cc1. The Morgan fingerprint density at radius 3 is 2.51 bits per heavy atom. The van der Waals surface area contributed by atoms with Crippen molar-refractivity contribution >= 4 is 17.4 Å². The topological polar surface area (TPSA) is 109 Å². The Morgan fingerprint density at radius 2 is 1.80 bits per heavy atom. The highest BCUT2D eigenvalue weighted by molar-refractivity contribution is 5.92. The van der Waals surface area contributed by atoms with Crippen LogP contribution in [-0.4, -0.2) is 38.8 Å². The molecule has 4 rings (SSSR count). The zero-order chi connectivity index (χ0) is 24.9. The van der Waals surface area contributed by atoms with Gasteiger partial charge in [-0.25, -0.2) is 4.98 Å². The second-order valence-corrected chi connectivity index (χ2v) is 8.20. The summed E-state index contributed by atoms with van der Waals surface area (Å²) in [4.78, 5) is 33.6. The number of methoxy groups -OCH3 is 1. The molecule has 2 aromatic carbocycles. The van der Waals surface area contributed by atoms with Crippen LogP contribution < -0.4 is 25.1 Å². The number of anilines is 1. The summed E-state index contributed by atoms with van der Waals surface area (Å²) in [6, 6.07) is 13.8. The van der Waals surface area contributed by atoms with Crippen molar-refractivity contribution in [2.75, 3.05) is 19.0 Å². The Morgan fingerprint density at radius 1 is 1.06 bits per heavy atom. The monoisotopic (exact) mass is 477 g/mol. The molecular weight excluding hydrogens is 450 g/mol. The van der Waals surface area contributed by atoms with Gasteiger partial charge in [-0.1, -0.05) is 6.07 Å². The van der Waals surface area contributed by atoms with Gasteiger partial charge in [0.2, 0.25) is 0 Å². The van der Waals surface area contributed by atoms with Crippen LogP contribution in [0.1, 0.15) is 31.1 Å². The summed E-state index contributed by atoms with van der Waals surface area (Å²) in [6.45, 7) is 5.75. The van der Waals surface area contributed by atoms with Crippen LogP contribution in [0, 0.1) is 6.92 Å². The highest BCUT2D eigenvalue weighted by Crippen LogP contribution is 2.24. The maximum absolute atomic E-state index is 12.6. The Hall–Kier alpha value is -4.34. The van der Waals surface area contributed by atoms with Crippen LogP contribution in [0.4, 0.5) is 5.69 Å². The third-order valence-corrected chi connectivity index (χ3v) is 5.26. The predicted molar refractivity (Wildman–Crippen MR) is 130 cm³/mol. The number of fused-ring (bicyclic) bond motifs is 1. The van der Waals surface area contributed by atoms with Gasteiger partial charge in [-0.2, -0.15) is 9.50 Å². The van der Waals surface area contributed by atoms with Crippen molar-refractivity contribution in [2.45, 2.75) is 33.4 Å². The number of carbonyl (C=O) groups excluding carboxylic acids is 1. The molecule has 0 atom stereocenters. The maximum Gasteiger partial charge on any atom is 0.274 e. The van der Waals surface area contributed by atoms with Crippen molar-refractivity contribution in [2.24, 2.45) is 0 Å². The number of carbonyl (C=O) groups is 1. The van der Waals surface area contributed by atoms with Crippen molar-refractivity contribution in [1.29, 1.82) is 0 Å². The fourth-order valence-electron chi connectivity index (χ4n) is 3.41. The first-order valence-corrected chi connectivity index (χ1v) is 11.1. The van der Waals surface area contributed by atoms with Gasteiger partial charge < -0.3 is 19.5 Å². The number of hydrogen-bond donors (Lipinski definition) is 1. The lowest BCUT2D eigenvalue weighted by atomic mass is 10.2. The van der Waals surface area contributed by atoms with Crippen LogP contribution in [0.3, 0.4) is 0 Å². The maximum atomic E-state index is 12.6. The van der Waals surface area contributed by atoms with Crippen molar-refractivity contribution in [1.82, 2.24) is 19.2 Å². The van der Waals surface area contributed by atoms with E-state index in [0.29, 0.717) is 34.4 Å². The van der Waals surface area contributed by atoms with Gasteiger partial charge in [0.1, 0.15) is 30.2 Å². The van der Waals surface area contributed by atoms with Crippen molar-refractivity contribution in [3.63, 3.8) is 0 Å². The lowest BCUT2D eigenvalue weighted by Gasteiger charge is -2.12. The molecule has 0 aliphatic carbocycles. The molecular formula is C25H27N5O5. The molecule has 4 aromatic rings. The Balaban J connectivity index is 1.39. The standard InChI is InChI=1S/C25H27N5O5/c1-16(2)29-15-26-25-28-19(12-24(32)30(25)29)13-35-22-11-18(6-5-17(22)3)27-23(31)14-34-21-9-7-20(33-4)8-10-21/h5-12,15-16H,13-14H2,1-4H3,(H,27,31). The van der Waals surface area contributed by atoms with Crippen molar-refractivity contribution in [3.8, 4) is 17.2 Å². The van der Waals surface area contributed by atoms with Crippen LogP contribution in [0.25, 0.3) is 5.78 Å². The Labute approximate surface area is 202 Å². The lowest BCUT2D eigenvalue weighted by Crippen LogP contribution is -2.23. The van der Waals surface area contributed by atoms with Gasteiger partial charge in [-0.3, -0.25) is 14.3 Å². The fraction of sp³-hybridized carbons (Fsp3) is 0.280. The molecule has 2 heterocycles. The van der Waals surface area contributed by atoms with E-state index >= 15 is 0 Å². The normalized spacial score (nSPS) is 11.0. The number of aromatic nitrogens is 4. The first-order valence-electron chi connectivity index (χ1n) is 11.1. The molecule has 0 bridgehead atoms. The number of nitrogens with zero attached hydrogens (tertiary/aromatic N) is 4. The van der Waals surface area contributed by atoms with Gasteiger partial charge in [0, 0.05) is 23.9 Å². The summed E-state index contributed by atoms with van der Waals surface area (Å²) in [5.74, 6) is 1.84. The van der Waals surface area contributed by atoms with Gasteiger partial charge in [-0.05, 0) is 56.7 Å². The minimum absolute atomic E-state index is 0.0730. The second-order valence-electron chi connectivity index (χ2n) is 8.20. The minimum Gasteiger partial charge on any atom is -0.497 e. The van der Waals surface area contributed by atoms with E-state index in [4.69, 9.17) is 14.2 Å². The van der Waals surface area contributed by atoms with Crippen molar-refractivity contribution < 1.29 is 19.0 Å². The van der Waals surface area contributed by atoms with E-state index in [2.05, 4.69) is 15.3 Å². The third-order valence-electron chi connectivity index (χ3n) is 5.26. The zero-order valence-corrected chi connectivity index (χ0v) is 20.0. The summed E-state index contributed by atoms with van der Waals surface area (Å²) < 4.78 is 19.7. The number of aryl methyl sites for hydroxylation is 1. The summed E-state index contributed by atoms with van der Waals surface area (Å²) in [5, 5.41) is 2.80. The van der Waals surface area contributed by atoms with Crippen LogP contribution in [0.15, 0.2) is 59.7 Å². The molecule has 0 radical (unpaired) electrons. The molecule has 0 fully saturated rings. The number of benzene rings is 2. The Kier molecular flexibility index (Phi) is 7.00. The van der Waals surface area contributed by atoms with Crippen LogP contribution >= 0.6 is 0 Å². The fourth-order valence-corrected chi connectivity index (χ4v) is 3.41. The molecule has 10 nitrogen and oxygen atoms in total. The number of amides is 1. The average Bonchev–Trinajstić information content (AvgIpc) is 3.28. The molecule has 0 aliphatic rings. The summed E-state index contributed by atoms with van der Waals surface area (Å²) >= 11 is 0. The van der Waals surface area contributed by atoms with Gasteiger partial charge in [0.25, 0.3) is 17.2 Å². The first kappa shape index (κ1) is 23.8. The number of nitrogens with one attached hydrogen (secondary N) is 1. The zero-order valence-electron chi connectivity index (χ0n) is 20.0. The molecule has 1 N–H and O–H groups in total. The number of rotatable bonds is 9. The average molecular weight is 478 g/mol. The number of hydrogen-bond acceptors (Lipinski definition) is 7. The van der Waals surface area contributed by atoms with Crippen LogP contribution in [-0.2, 0) is 11.4 Å². The third kappa shape index (κ3) is 5.60.